The Bertz CT molecular complexity index is 697. The van der Waals surface area contributed by atoms with Crippen LogP contribution in [0.3, 0.4) is 0 Å². The van der Waals surface area contributed by atoms with Gasteiger partial charge in [0.05, 0.1) is 6.20 Å². The Morgan fingerprint density at radius 2 is 1.88 bits per heavy atom. The lowest BCUT2D eigenvalue weighted by molar-refractivity contribution is -0.114. The van der Waals surface area contributed by atoms with Crippen LogP contribution in [-0.4, -0.2) is 34.2 Å². The van der Waals surface area contributed by atoms with Crippen LogP contribution in [0.5, 0.6) is 0 Å². The molecule has 0 aliphatic carbocycles. The first-order valence-corrected chi connectivity index (χ1v) is 8.30. The third-order valence-electron chi connectivity index (χ3n) is 3.89. The highest BCUT2D eigenvalue weighted by Crippen LogP contribution is 2.20. The minimum absolute atomic E-state index is 0.0979. The zero-order chi connectivity index (χ0) is 16.8. The van der Waals surface area contributed by atoms with Gasteiger partial charge in [0.1, 0.15) is 0 Å². The normalized spacial score (nSPS) is 14.8. The van der Waals surface area contributed by atoms with Crippen LogP contribution in [0.25, 0.3) is 0 Å². The number of anilines is 4. The molecule has 1 aromatic carbocycles. The fraction of sp³-hybridized carbons (Fsp3) is 0.412. The number of hydrogen-bond donors (Lipinski definition) is 2. The minimum Gasteiger partial charge on any atom is -0.339 e. The fourth-order valence-electron chi connectivity index (χ4n) is 2.78. The Morgan fingerprint density at radius 1 is 1.12 bits per heavy atom. The van der Waals surface area contributed by atoms with E-state index in [1.165, 1.54) is 32.6 Å². The molecule has 1 aliphatic heterocycles. The molecule has 0 saturated carbocycles. The maximum Gasteiger partial charge on any atom is 0.247 e. The summed E-state index contributed by atoms with van der Waals surface area (Å²) in [6, 6.07) is 7.49. The summed E-state index contributed by atoms with van der Waals surface area (Å²) in [7, 11) is 0. The molecule has 0 radical (unpaired) electrons. The van der Waals surface area contributed by atoms with Crippen molar-refractivity contribution in [3.8, 4) is 0 Å². The van der Waals surface area contributed by atoms with Crippen molar-refractivity contribution < 1.29 is 4.79 Å². The second kappa shape index (κ2) is 7.72. The minimum atomic E-state index is -0.0979. The van der Waals surface area contributed by atoms with E-state index in [-0.39, 0.29) is 5.91 Å². The van der Waals surface area contributed by atoms with Crippen LogP contribution >= 0.6 is 0 Å². The molecule has 1 amide bonds. The highest BCUT2D eigenvalue weighted by Gasteiger charge is 2.13. The molecule has 1 aliphatic rings. The van der Waals surface area contributed by atoms with E-state index in [0.29, 0.717) is 11.8 Å². The van der Waals surface area contributed by atoms with E-state index in [4.69, 9.17) is 0 Å². The Hall–Kier alpha value is -2.70. The zero-order valence-electron chi connectivity index (χ0n) is 13.8. The lowest BCUT2D eigenvalue weighted by atomic mass is 10.2. The van der Waals surface area contributed by atoms with Crippen LogP contribution < -0.4 is 15.5 Å². The zero-order valence-corrected chi connectivity index (χ0v) is 13.8. The van der Waals surface area contributed by atoms with Crippen molar-refractivity contribution in [2.45, 2.75) is 32.6 Å². The molecular weight excluding hydrogens is 304 g/mol. The van der Waals surface area contributed by atoms with Crippen LogP contribution in [0.2, 0.25) is 0 Å². The second-order valence-corrected chi connectivity index (χ2v) is 5.93. The van der Waals surface area contributed by atoms with E-state index in [9.17, 15) is 4.79 Å². The standard InChI is InChI=1S/C17H22N6O/c1-13(24)19-14-7-6-8-15(11-14)20-16-12-18-22-17(21-16)23-9-4-2-3-5-10-23/h6-8,11-12H,2-5,9-10H2,1H3,(H,19,24)(H,20,21,22). The van der Waals surface area contributed by atoms with Crippen molar-refractivity contribution in [2.75, 3.05) is 28.6 Å². The molecule has 3 rings (SSSR count). The van der Waals surface area contributed by atoms with E-state index < -0.39 is 0 Å². The van der Waals surface area contributed by atoms with Gasteiger partial charge in [-0.2, -0.15) is 10.1 Å². The molecule has 0 spiro atoms. The van der Waals surface area contributed by atoms with Crippen molar-refractivity contribution in [2.24, 2.45) is 0 Å². The van der Waals surface area contributed by atoms with Gasteiger partial charge in [-0.15, -0.1) is 5.10 Å². The summed E-state index contributed by atoms with van der Waals surface area (Å²) in [5, 5.41) is 14.2. The van der Waals surface area contributed by atoms with Gasteiger partial charge in [0, 0.05) is 31.4 Å². The molecule has 2 N–H and O–H groups in total. The van der Waals surface area contributed by atoms with E-state index in [0.717, 1.165) is 24.5 Å². The number of nitrogens with zero attached hydrogens (tertiary/aromatic N) is 4. The quantitative estimate of drug-likeness (QED) is 0.899. The van der Waals surface area contributed by atoms with Gasteiger partial charge >= 0.3 is 0 Å². The molecule has 24 heavy (non-hydrogen) atoms. The van der Waals surface area contributed by atoms with E-state index >= 15 is 0 Å². The first-order valence-electron chi connectivity index (χ1n) is 8.30. The number of carbonyl (C=O) groups is 1. The highest BCUT2D eigenvalue weighted by molar-refractivity contribution is 5.89. The number of hydrogen-bond acceptors (Lipinski definition) is 6. The molecular formula is C17H22N6O. The molecule has 0 bridgehead atoms. The maximum absolute atomic E-state index is 11.2. The highest BCUT2D eigenvalue weighted by atomic mass is 16.1. The number of rotatable bonds is 4. The van der Waals surface area contributed by atoms with E-state index in [1.54, 1.807) is 6.20 Å². The average Bonchev–Trinajstić information content (AvgIpc) is 2.84. The van der Waals surface area contributed by atoms with E-state index in [2.05, 4.69) is 30.7 Å². The number of aromatic nitrogens is 3. The lowest BCUT2D eigenvalue weighted by Gasteiger charge is -2.19. The second-order valence-electron chi connectivity index (χ2n) is 5.93. The predicted octanol–water partition coefficient (Wildman–Crippen LogP) is 2.95. The first-order chi connectivity index (χ1) is 11.7. The van der Waals surface area contributed by atoms with Crippen LogP contribution in [0.4, 0.5) is 23.1 Å². The molecule has 126 valence electrons. The Morgan fingerprint density at radius 3 is 2.62 bits per heavy atom. The summed E-state index contributed by atoms with van der Waals surface area (Å²) < 4.78 is 0. The summed E-state index contributed by atoms with van der Waals surface area (Å²) in [6.07, 6.45) is 6.46. The van der Waals surface area contributed by atoms with Gasteiger partial charge in [0.25, 0.3) is 0 Å². The van der Waals surface area contributed by atoms with Gasteiger partial charge in [-0.1, -0.05) is 18.9 Å². The molecule has 0 atom stereocenters. The van der Waals surface area contributed by atoms with Gasteiger partial charge in [-0.3, -0.25) is 4.79 Å². The number of benzene rings is 1. The predicted molar refractivity (Wildman–Crippen MR) is 94.5 cm³/mol. The molecule has 7 nitrogen and oxygen atoms in total. The maximum atomic E-state index is 11.2. The Labute approximate surface area is 141 Å². The van der Waals surface area contributed by atoms with Crippen molar-refractivity contribution in [3.63, 3.8) is 0 Å². The summed E-state index contributed by atoms with van der Waals surface area (Å²) in [5.74, 6) is 1.21. The molecule has 1 saturated heterocycles. The largest absolute Gasteiger partial charge is 0.339 e. The molecule has 7 heteroatoms. The molecule has 1 aromatic heterocycles. The smallest absolute Gasteiger partial charge is 0.247 e. The molecule has 2 aromatic rings. The van der Waals surface area contributed by atoms with Crippen molar-refractivity contribution in [1.82, 2.24) is 15.2 Å². The number of carbonyl (C=O) groups excluding carboxylic acids is 1. The van der Waals surface area contributed by atoms with Gasteiger partial charge < -0.3 is 15.5 Å². The van der Waals surface area contributed by atoms with Gasteiger partial charge in [-0.05, 0) is 31.0 Å². The third-order valence-corrected chi connectivity index (χ3v) is 3.89. The Balaban J connectivity index is 1.73. The first kappa shape index (κ1) is 16.2. The SMILES string of the molecule is CC(=O)Nc1cccc(Nc2cnnc(N3CCCCCC3)n2)c1. The van der Waals surface area contributed by atoms with Crippen LogP contribution in [0.15, 0.2) is 30.5 Å². The monoisotopic (exact) mass is 326 g/mol. The Kier molecular flexibility index (Phi) is 5.20. The third kappa shape index (κ3) is 4.41. The number of nitrogens with one attached hydrogen (secondary N) is 2. The topological polar surface area (TPSA) is 83.0 Å². The van der Waals surface area contributed by atoms with E-state index in [1.807, 2.05) is 24.3 Å². The van der Waals surface area contributed by atoms with Gasteiger partial charge in [-0.25, -0.2) is 0 Å². The van der Waals surface area contributed by atoms with Crippen LogP contribution in [-0.2, 0) is 4.79 Å². The average molecular weight is 326 g/mol. The van der Waals surface area contributed by atoms with Crippen molar-refractivity contribution in [3.05, 3.63) is 30.5 Å². The number of amides is 1. The molecule has 0 unspecified atom stereocenters. The summed E-state index contributed by atoms with van der Waals surface area (Å²) >= 11 is 0. The van der Waals surface area contributed by atoms with Gasteiger partial charge in [0.15, 0.2) is 5.82 Å². The van der Waals surface area contributed by atoms with Crippen LogP contribution in [0, 0.1) is 0 Å². The van der Waals surface area contributed by atoms with Crippen molar-refractivity contribution in [1.29, 1.82) is 0 Å². The van der Waals surface area contributed by atoms with Gasteiger partial charge in [0.2, 0.25) is 11.9 Å². The summed E-state index contributed by atoms with van der Waals surface area (Å²) in [4.78, 5) is 17.9. The summed E-state index contributed by atoms with van der Waals surface area (Å²) in [5.41, 5.74) is 1.57. The molecule has 2 heterocycles. The lowest BCUT2D eigenvalue weighted by Crippen LogP contribution is -2.26. The van der Waals surface area contributed by atoms with Crippen molar-refractivity contribution >= 4 is 29.0 Å². The molecule has 1 fully saturated rings. The summed E-state index contributed by atoms with van der Waals surface area (Å²) in [6.45, 7) is 3.44. The fourth-order valence-corrected chi connectivity index (χ4v) is 2.78. The van der Waals surface area contributed by atoms with Crippen LogP contribution in [0.1, 0.15) is 32.6 Å².